The topological polar surface area (TPSA) is 68.0 Å². The number of aromatic nitrogens is 1. The second-order valence-corrected chi connectivity index (χ2v) is 4.52. The Morgan fingerprint density at radius 1 is 1.29 bits per heavy atom. The minimum atomic E-state index is -0.0977. The molecule has 0 aliphatic carbocycles. The maximum atomic E-state index is 10.5. The number of nitrogens with zero attached hydrogens (tertiary/aromatic N) is 1. The third-order valence-electron chi connectivity index (χ3n) is 2.85. The van der Waals surface area contributed by atoms with E-state index >= 15 is 0 Å². The van der Waals surface area contributed by atoms with Gasteiger partial charge in [-0.2, -0.15) is 0 Å². The Hall–Kier alpha value is -1.49. The summed E-state index contributed by atoms with van der Waals surface area (Å²) in [5.41, 5.74) is 8.05. The third-order valence-corrected chi connectivity index (χ3v) is 3.18. The Morgan fingerprint density at radius 2 is 2.05 bits per heavy atom. The van der Waals surface area contributed by atoms with E-state index < -0.39 is 0 Å². The van der Waals surface area contributed by atoms with Gasteiger partial charge in [-0.1, -0.05) is 23.7 Å². The SMILES string of the molecule is Cl.Cl.Nc1ccc(C(CNC=O)c2ccccn2)c(Cl)c1. The summed E-state index contributed by atoms with van der Waals surface area (Å²) in [7, 11) is 0. The maximum absolute atomic E-state index is 10.5. The zero-order valence-electron chi connectivity index (χ0n) is 11.0. The summed E-state index contributed by atoms with van der Waals surface area (Å²) in [6.45, 7) is 0.435. The fourth-order valence-electron chi connectivity index (χ4n) is 1.95. The zero-order valence-corrected chi connectivity index (χ0v) is 13.4. The molecule has 0 fully saturated rings. The summed E-state index contributed by atoms with van der Waals surface area (Å²) < 4.78 is 0. The number of benzene rings is 1. The van der Waals surface area contributed by atoms with E-state index in [9.17, 15) is 4.79 Å². The summed E-state index contributed by atoms with van der Waals surface area (Å²) >= 11 is 6.23. The number of nitrogen functional groups attached to an aromatic ring is 1. The number of pyridine rings is 1. The Morgan fingerprint density at radius 3 is 2.62 bits per heavy atom. The Bertz CT molecular complexity index is 567. The quantitative estimate of drug-likeness (QED) is 0.644. The predicted molar refractivity (Wildman–Crippen MR) is 90.5 cm³/mol. The number of carbonyl (C=O) groups excluding carboxylic acids is 1. The van der Waals surface area contributed by atoms with E-state index in [1.165, 1.54) is 0 Å². The van der Waals surface area contributed by atoms with Crippen LogP contribution in [0.3, 0.4) is 0 Å². The highest BCUT2D eigenvalue weighted by molar-refractivity contribution is 6.31. The molecule has 7 heteroatoms. The van der Waals surface area contributed by atoms with Crippen LogP contribution in [0.5, 0.6) is 0 Å². The monoisotopic (exact) mass is 347 g/mol. The van der Waals surface area contributed by atoms with E-state index in [0.717, 1.165) is 11.3 Å². The van der Waals surface area contributed by atoms with Crippen molar-refractivity contribution in [1.82, 2.24) is 10.3 Å². The van der Waals surface area contributed by atoms with Crippen molar-refractivity contribution in [3.63, 3.8) is 0 Å². The van der Waals surface area contributed by atoms with Crippen LogP contribution in [0.4, 0.5) is 5.69 Å². The fourth-order valence-corrected chi connectivity index (χ4v) is 2.27. The second-order valence-electron chi connectivity index (χ2n) is 4.11. The number of halogens is 3. The van der Waals surface area contributed by atoms with Crippen molar-refractivity contribution >= 4 is 48.5 Å². The third kappa shape index (κ3) is 5.08. The molecule has 4 nitrogen and oxygen atoms in total. The normalized spacial score (nSPS) is 10.7. The van der Waals surface area contributed by atoms with Gasteiger partial charge in [0, 0.05) is 35.1 Å². The minimum absolute atomic E-state index is 0. The number of amides is 1. The molecule has 0 saturated heterocycles. The average Bonchev–Trinajstić information content (AvgIpc) is 2.42. The molecule has 1 amide bonds. The van der Waals surface area contributed by atoms with Crippen molar-refractivity contribution in [3.05, 3.63) is 58.9 Å². The highest BCUT2D eigenvalue weighted by Crippen LogP contribution is 2.30. The van der Waals surface area contributed by atoms with Crippen LogP contribution in [0.2, 0.25) is 5.02 Å². The van der Waals surface area contributed by atoms with Crippen LogP contribution in [-0.4, -0.2) is 17.9 Å². The maximum Gasteiger partial charge on any atom is 0.207 e. The molecule has 0 saturated carbocycles. The lowest BCUT2D eigenvalue weighted by Gasteiger charge is -2.18. The Kier molecular flexibility index (Phi) is 8.78. The molecule has 114 valence electrons. The first-order chi connectivity index (χ1) is 9.22. The first-order valence-corrected chi connectivity index (χ1v) is 6.23. The number of nitrogens with two attached hydrogens (primary N) is 1. The number of rotatable bonds is 5. The van der Waals surface area contributed by atoms with Crippen LogP contribution < -0.4 is 11.1 Å². The molecule has 0 aliphatic rings. The van der Waals surface area contributed by atoms with E-state index in [2.05, 4.69) is 10.3 Å². The smallest absolute Gasteiger partial charge is 0.207 e. The van der Waals surface area contributed by atoms with Gasteiger partial charge in [-0.15, -0.1) is 24.8 Å². The van der Waals surface area contributed by atoms with Crippen LogP contribution in [0.15, 0.2) is 42.6 Å². The van der Waals surface area contributed by atoms with Crippen molar-refractivity contribution in [2.45, 2.75) is 5.92 Å². The summed E-state index contributed by atoms with van der Waals surface area (Å²) in [6.07, 6.45) is 2.38. The van der Waals surface area contributed by atoms with Gasteiger partial charge in [0.1, 0.15) is 0 Å². The predicted octanol–water partition coefficient (Wildman–Crippen LogP) is 3.04. The molecule has 0 spiro atoms. The van der Waals surface area contributed by atoms with Gasteiger partial charge < -0.3 is 11.1 Å². The summed E-state index contributed by atoms with van der Waals surface area (Å²) in [5, 5.41) is 3.25. The van der Waals surface area contributed by atoms with Crippen molar-refractivity contribution in [3.8, 4) is 0 Å². The molecule has 1 atom stereocenters. The first kappa shape index (κ1) is 19.5. The number of hydrogen-bond donors (Lipinski definition) is 2. The van der Waals surface area contributed by atoms with E-state index in [0.29, 0.717) is 23.7 Å². The molecule has 1 unspecified atom stereocenters. The van der Waals surface area contributed by atoms with Crippen LogP contribution in [0.25, 0.3) is 0 Å². The van der Waals surface area contributed by atoms with Gasteiger partial charge in [-0.25, -0.2) is 0 Å². The molecular formula is C14H16Cl3N3O. The molecule has 2 aromatic rings. The summed E-state index contributed by atoms with van der Waals surface area (Å²) in [5.74, 6) is -0.0977. The van der Waals surface area contributed by atoms with E-state index in [1.54, 1.807) is 18.3 Å². The molecule has 0 radical (unpaired) electrons. The summed E-state index contributed by atoms with van der Waals surface area (Å²) in [4.78, 5) is 14.9. The number of carbonyl (C=O) groups is 1. The van der Waals surface area contributed by atoms with Gasteiger partial charge in [0.05, 0.1) is 0 Å². The molecule has 0 bridgehead atoms. The van der Waals surface area contributed by atoms with Crippen molar-refractivity contribution in [2.75, 3.05) is 12.3 Å². The van der Waals surface area contributed by atoms with E-state index in [4.69, 9.17) is 17.3 Å². The van der Waals surface area contributed by atoms with Gasteiger partial charge in [-0.3, -0.25) is 9.78 Å². The molecule has 0 aliphatic heterocycles. The number of hydrogen-bond acceptors (Lipinski definition) is 3. The molecule has 3 N–H and O–H groups in total. The van der Waals surface area contributed by atoms with Gasteiger partial charge in [0.25, 0.3) is 0 Å². The second kappa shape index (κ2) is 9.45. The molecule has 1 aromatic heterocycles. The van der Waals surface area contributed by atoms with E-state index in [1.807, 2.05) is 24.3 Å². The Labute approximate surface area is 140 Å². The van der Waals surface area contributed by atoms with Crippen LogP contribution in [-0.2, 0) is 4.79 Å². The van der Waals surface area contributed by atoms with Gasteiger partial charge in [0.2, 0.25) is 6.41 Å². The molecule has 1 heterocycles. The van der Waals surface area contributed by atoms with Crippen LogP contribution in [0.1, 0.15) is 17.2 Å². The van der Waals surface area contributed by atoms with Gasteiger partial charge >= 0.3 is 0 Å². The Balaban J connectivity index is 0.00000200. The highest BCUT2D eigenvalue weighted by atomic mass is 35.5. The average molecular weight is 349 g/mol. The number of nitrogens with one attached hydrogen (secondary N) is 1. The lowest BCUT2D eigenvalue weighted by molar-refractivity contribution is -0.109. The van der Waals surface area contributed by atoms with E-state index in [-0.39, 0.29) is 30.7 Å². The van der Waals surface area contributed by atoms with Gasteiger partial charge in [-0.05, 0) is 29.8 Å². The fraction of sp³-hybridized carbons (Fsp3) is 0.143. The number of anilines is 1. The summed E-state index contributed by atoms with van der Waals surface area (Å²) in [6, 6.07) is 11.0. The lowest BCUT2D eigenvalue weighted by Crippen LogP contribution is -2.21. The lowest BCUT2D eigenvalue weighted by atomic mass is 9.94. The standard InChI is InChI=1S/C14H14ClN3O.2ClH/c15-13-7-10(16)4-5-11(13)12(8-17-9-19)14-3-1-2-6-18-14;;/h1-7,9,12H,8,16H2,(H,17,19);2*1H. The van der Waals surface area contributed by atoms with Crippen molar-refractivity contribution in [1.29, 1.82) is 0 Å². The van der Waals surface area contributed by atoms with Crippen molar-refractivity contribution < 1.29 is 4.79 Å². The zero-order chi connectivity index (χ0) is 13.7. The first-order valence-electron chi connectivity index (χ1n) is 5.85. The minimum Gasteiger partial charge on any atom is -0.399 e. The molecule has 2 rings (SSSR count). The highest BCUT2D eigenvalue weighted by Gasteiger charge is 2.18. The largest absolute Gasteiger partial charge is 0.399 e. The molecular weight excluding hydrogens is 333 g/mol. The van der Waals surface area contributed by atoms with Gasteiger partial charge in [0.15, 0.2) is 0 Å². The molecule has 21 heavy (non-hydrogen) atoms. The van der Waals surface area contributed by atoms with Crippen LogP contribution >= 0.6 is 36.4 Å². The van der Waals surface area contributed by atoms with Crippen molar-refractivity contribution in [2.24, 2.45) is 0 Å². The van der Waals surface area contributed by atoms with Crippen LogP contribution in [0, 0.1) is 0 Å². The molecule has 1 aromatic carbocycles.